The molecule has 0 saturated heterocycles. The SMILES string of the molecule is COC(=O)c1c(-c2cc(C)ccc2C)csc1NC(=O)CSc1nnc(C(C)C)n1C. The highest BCUT2D eigenvalue weighted by atomic mass is 32.2. The first-order valence-electron chi connectivity index (χ1n) is 9.82. The molecular weight excluding hydrogens is 432 g/mol. The smallest absolute Gasteiger partial charge is 0.341 e. The number of rotatable bonds is 7. The first-order chi connectivity index (χ1) is 14.7. The van der Waals surface area contributed by atoms with Crippen molar-refractivity contribution < 1.29 is 14.3 Å². The monoisotopic (exact) mass is 458 g/mol. The number of aryl methyl sites for hydroxylation is 2. The molecule has 0 unspecified atom stereocenters. The van der Waals surface area contributed by atoms with E-state index in [0.29, 0.717) is 15.7 Å². The van der Waals surface area contributed by atoms with Crippen molar-refractivity contribution in [2.24, 2.45) is 7.05 Å². The zero-order valence-electron chi connectivity index (χ0n) is 18.5. The summed E-state index contributed by atoms with van der Waals surface area (Å²) in [5.74, 6) is 0.570. The number of thioether (sulfide) groups is 1. The summed E-state index contributed by atoms with van der Waals surface area (Å²) in [7, 11) is 3.23. The quantitative estimate of drug-likeness (QED) is 0.404. The molecule has 1 N–H and O–H groups in total. The van der Waals surface area contributed by atoms with Gasteiger partial charge in [-0.1, -0.05) is 49.4 Å². The maximum atomic E-state index is 12.6. The van der Waals surface area contributed by atoms with Crippen LogP contribution in [0.4, 0.5) is 5.00 Å². The number of benzene rings is 1. The molecule has 2 heterocycles. The summed E-state index contributed by atoms with van der Waals surface area (Å²) in [6, 6.07) is 6.08. The van der Waals surface area contributed by atoms with Gasteiger partial charge in [-0.3, -0.25) is 4.79 Å². The third kappa shape index (κ3) is 4.99. The fourth-order valence-corrected chi connectivity index (χ4v) is 4.91. The lowest BCUT2D eigenvalue weighted by molar-refractivity contribution is -0.113. The van der Waals surface area contributed by atoms with Crippen molar-refractivity contribution in [3.05, 3.63) is 46.1 Å². The molecule has 31 heavy (non-hydrogen) atoms. The van der Waals surface area contributed by atoms with Crippen LogP contribution < -0.4 is 5.32 Å². The summed E-state index contributed by atoms with van der Waals surface area (Å²) in [4.78, 5) is 25.2. The van der Waals surface area contributed by atoms with Crippen molar-refractivity contribution in [3.8, 4) is 11.1 Å². The van der Waals surface area contributed by atoms with Crippen molar-refractivity contribution in [1.29, 1.82) is 0 Å². The Morgan fingerprint density at radius 3 is 2.61 bits per heavy atom. The number of aromatic nitrogens is 3. The van der Waals surface area contributed by atoms with Crippen LogP contribution in [0.2, 0.25) is 0 Å². The standard InChI is InChI=1S/C22H26N4O3S2/c1-12(2)19-24-25-22(26(19)5)31-11-17(27)23-20-18(21(28)29-6)16(10-30-20)15-9-13(3)7-8-14(15)4/h7-10,12H,11H2,1-6H3,(H,23,27). The Bertz CT molecular complexity index is 1120. The molecule has 0 radical (unpaired) electrons. The number of carbonyl (C=O) groups excluding carboxylic acids is 2. The van der Waals surface area contributed by atoms with Crippen LogP contribution in [-0.2, 0) is 16.6 Å². The number of nitrogens with zero attached hydrogens (tertiary/aromatic N) is 3. The van der Waals surface area contributed by atoms with Gasteiger partial charge >= 0.3 is 5.97 Å². The van der Waals surface area contributed by atoms with Gasteiger partial charge in [0.2, 0.25) is 5.91 Å². The summed E-state index contributed by atoms with van der Waals surface area (Å²) in [6.07, 6.45) is 0. The largest absolute Gasteiger partial charge is 0.465 e. The number of carbonyl (C=O) groups is 2. The lowest BCUT2D eigenvalue weighted by Crippen LogP contribution is -2.16. The van der Waals surface area contributed by atoms with Gasteiger partial charge in [-0.2, -0.15) is 0 Å². The van der Waals surface area contributed by atoms with E-state index in [1.807, 2.05) is 62.9 Å². The Morgan fingerprint density at radius 2 is 1.97 bits per heavy atom. The summed E-state index contributed by atoms with van der Waals surface area (Å²) in [5.41, 5.74) is 4.22. The molecule has 1 amide bonds. The minimum atomic E-state index is -0.477. The number of amides is 1. The van der Waals surface area contributed by atoms with Crippen LogP contribution in [0.5, 0.6) is 0 Å². The van der Waals surface area contributed by atoms with E-state index in [1.54, 1.807) is 0 Å². The molecule has 0 aliphatic rings. The van der Waals surface area contributed by atoms with Gasteiger partial charge in [-0.25, -0.2) is 4.79 Å². The van der Waals surface area contributed by atoms with E-state index in [1.165, 1.54) is 30.2 Å². The first-order valence-corrected chi connectivity index (χ1v) is 11.7. The summed E-state index contributed by atoms with van der Waals surface area (Å²) < 4.78 is 6.90. The second-order valence-corrected chi connectivity index (χ2v) is 9.38. The van der Waals surface area contributed by atoms with Crippen LogP contribution in [0.3, 0.4) is 0 Å². The average Bonchev–Trinajstić information content (AvgIpc) is 3.31. The normalized spacial score (nSPS) is 11.1. The zero-order valence-corrected chi connectivity index (χ0v) is 20.1. The number of hydrogen-bond donors (Lipinski definition) is 1. The van der Waals surface area contributed by atoms with E-state index in [2.05, 4.69) is 15.5 Å². The van der Waals surface area contributed by atoms with E-state index in [4.69, 9.17) is 4.74 Å². The van der Waals surface area contributed by atoms with E-state index in [0.717, 1.165) is 28.1 Å². The number of thiophene rings is 1. The maximum Gasteiger partial charge on any atom is 0.341 e. The Balaban J connectivity index is 1.81. The average molecular weight is 459 g/mol. The lowest BCUT2D eigenvalue weighted by Gasteiger charge is -2.10. The van der Waals surface area contributed by atoms with Crippen LogP contribution in [0, 0.1) is 13.8 Å². The van der Waals surface area contributed by atoms with Crippen LogP contribution in [0.1, 0.15) is 47.1 Å². The van der Waals surface area contributed by atoms with Crippen molar-refractivity contribution >= 4 is 40.0 Å². The molecule has 0 fully saturated rings. The Labute approximate surface area is 190 Å². The molecule has 7 nitrogen and oxygen atoms in total. The molecule has 9 heteroatoms. The van der Waals surface area contributed by atoms with Gasteiger partial charge in [-0.15, -0.1) is 21.5 Å². The maximum absolute atomic E-state index is 12.6. The number of anilines is 1. The van der Waals surface area contributed by atoms with Crippen LogP contribution in [0.25, 0.3) is 11.1 Å². The summed E-state index contributed by atoms with van der Waals surface area (Å²) in [5, 5.41) is 14.2. The molecule has 0 saturated carbocycles. The van der Waals surface area contributed by atoms with Gasteiger partial charge in [0.25, 0.3) is 0 Å². The van der Waals surface area contributed by atoms with Crippen LogP contribution in [0.15, 0.2) is 28.7 Å². The Hall–Kier alpha value is -2.65. The van der Waals surface area contributed by atoms with Gasteiger partial charge in [0.1, 0.15) is 16.4 Å². The van der Waals surface area contributed by atoms with Crippen LogP contribution in [-0.4, -0.2) is 39.5 Å². The molecule has 0 atom stereocenters. The molecule has 2 aromatic heterocycles. The van der Waals surface area contributed by atoms with Gasteiger partial charge < -0.3 is 14.6 Å². The Morgan fingerprint density at radius 1 is 1.23 bits per heavy atom. The van der Waals surface area contributed by atoms with Gasteiger partial charge in [0, 0.05) is 23.9 Å². The van der Waals surface area contributed by atoms with Gasteiger partial charge in [0.05, 0.1) is 12.9 Å². The third-order valence-corrected chi connectivity index (χ3v) is 6.75. The molecule has 164 valence electrons. The molecule has 3 rings (SSSR count). The number of nitrogens with one attached hydrogen (secondary N) is 1. The second kappa shape index (κ2) is 9.65. The van der Waals surface area contributed by atoms with E-state index >= 15 is 0 Å². The topological polar surface area (TPSA) is 86.1 Å². The zero-order chi connectivity index (χ0) is 22.7. The molecule has 1 aromatic carbocycles. The highest BCUT2D eigenvalue weighted by Gasteiger charge is 2.23. The van der Waals surface area contributed by atoms with Crippen molar-refractivity contribution in [2.75, 3.05) is 18.2 Å². The molecule has 0 aliphatic carbocycles. The van der Waals surface area contributed by atoms with Crippen molar-refractivity contribution in [2.45, 2.75) is 38.8 Å². The highest BCUT2D eigenvalue weighted by Crippen LogP contribution is 2.38. The van der Waals surface area contributed by atoms with Crippen molar-refractivity contribution in [3.63, 3.8) is 0 Å². The predicted octanol–water partition coefficient (Wildman–Crippen LogP) is 4.80. The fourth-order valence-electron chi connectivity index (χ4n) is 3.23. The first kappa shape index (κ1) is 23.0. The fraction of sp³-hybridized carbons (Fsp3) is 0.364. The van der Waals surface area contributed by atoms with Gasteiger partial charge in [0.15, 0.2) is 5.16 Å². The number of methoxy groups -OCH3 is 1. The van der Waals surface area contributed by atoms with Crippen LogP contribution >= 0.6 is 23.1 Å². The summed E-state index contributed by atoms with van der Waals surface area (Å²) in [6.45, 7) is 8.09. The third-order valence-electron chi connectivity index (χ3n) is 4.83. The Kier molecular flexibility index (Phi) is 7.17. The molecular formula is C22H26N4O3S2. The van der Waals surface area contributed by atoms with E-state index in [-0.39, 0.29) is 17.6 Å². The number of ether oxygens (including phenoxy) is 1. The van der Waals surface area contributed by atoms with Gasteiger partial charge in [-0.05, 0) is 25.0 Å². The lowest BCUT2D eigenvalue weighted by atomic mass is 9.97. The minimum absolute atomic E-state index is 0.154. The highest BCUT2D eigenvalue weighted by molar-refractivity contribution is 7.99. The second-order valence-electron chi connectivity index (χ2n) is 7.55. The molecule has 3 aromatic rings. The van der Waals surface area contributed by atoms with Crippen molar-refractivity contribution in [1.82, 2.24) is 14.8 Å². The molecule has 0 bridgehead atoms. The van der Waals surface area contributed by atoms with E-state index < -0.39 is 5.97 Å². The number of esters is 1. The number of hydrogen-bond acceptors (Lipinski definition) is 7. The summed E-state index contributed by atoms with van der Waals surface area (Å²) >= 11 is 2.62. The van der Waals surface area contributed by atoms with E-state index in [9.17, 15) is 9.59 Å². The molecule has 0 spiro atoms. The molecule has 0 aliphatic heterocycles. The minimum Gasteiger partial charge on any atom is -0.465 e. The predicted molar refractivity (Wildman–Crippen MR) is 125 cm³/mol.